The molecule has 6 aliphatic rings. The highest BCUT2D eigenvalue weighted by atomic mass is 16.3. The molecule has 0 amide bonds. The SMILES string of the molecule is CC12CC3(CCC4CC5(CC6CC(C1)(c1c(cccc1N(c1ccc(-c7ccccc7)cc1)c1ccc(-c7cccc8c7oc7ccccc78)cc1)-c1ccccc16)C53)c1ccccc1-c1ccccc14)c1ccccc1-c1ccccc12. The minimum atomic E-state index is -0.316. The van der Waals surface area contributed by atoms with Crippen molar-refractivity contribution in [2.45, 2.75) is 85.4 Å². The van der Waals surface area contributed by atoms with E-state index in [1.807, 2.05) is 0 Å². The Bertz CT molecular complexity index is 4610. The fourth-order valence-electron chi connectivity index (χ4n) is 19.5. The number of para-hydroxylation sites is 2. The molecular formula is C81H63NO. The Hall–Kier alpha value is -8.98. The van der Waals surface area contributed by atoms with Crippen molar-refractivity contribution < 1.29 is 4.42 Å². The summed E-state index contributed by atoms with van der Waals surface area (Å²) < 4.78 is 6.69. The molecule has 7 unspecified atom stereocenters. The van der Waals surface area contributed by atoms with Crippen LogP contribution >= 0.6 is 0 Å². The van der Waals surface area contributed by atoms with Gasteiger partial charge in [0.05, 0.1) is 5.69 Å². The van der Waals surface area contributed by atoms with E-state index in [0.717, 1.165) is 89.4 Å². The molecule has 11 aromatic carbocycles. The van der Waals surface area contributed by atoms with Gasteiger partial charge in [-0.2, -0.15) is 0 Å². The van der Waals surface area contributed by atoms with Gasteiger partial charge in [-0.25, -0.2) is 0 Å². The zero-order valence-electron chi connectivity index (χ0n) is 46.9. The third kappa shape index (κ3) is 6.61. The minimum Gasteiger partial charge on any atom is -0.455 e. The molecule has 2 heteroatoms. The van der Waals surface area contributed by atoms with Crippen molar-refractivity contribution in [1.82, 2.24) is 0 Å². The Morgan fingerprint density at radius 3 is 1.61 bits per heavy atom. The first-order chi connectivity index (χ1) is 40.9. The summed E-state index contributed by atoms with van der Waals surface area (Å²) in [6, 6.07) is 101. The molecule has 0 aliphatic heterocycles. The molecule has 6 aliphatic carbocycles. The molecule has 0 N–H and O–H groups in total. The number of hydrogen-bond acceptors (Lipinski definition) is 2. The first kappa shape index (κ1) is 47.6. The maximum Gasteiger partial charge on any atom is 0.143 e. The highest BCUT2D eigenvalue weighted by Gasteiger charge is 2.73. The Balaban J connectivity index is 0.951. The van der Waals surface area contributed by atoms with Crippen LogP contribution in [-0.2, 0) is 21.7 Å². The lowest BCUT2D eigenvalue weighted by atomic mass is 9.34. The van der Waals surface area contributed by atoms with E-state index in [2.05, 4.69) is 273 Å². The summed E-state index contributed by atoms with van der Waals surface area (Å²) in [5, 5.41) is 2.29. The highest BCUT2D eigenvalue weighted by Crippen LogP contribution is 2.79. The smallest absolute Gasteiger partial charge is 0.143 e. The fourth-order valence-corrected chi connectivity index (χ4v) is 19.5. The molecule has 398 valence electrons. The standard InChI is InChI=1S/C81H63NO/c1-78-50-79(71-33-14-11-27-66(71)65-26-9-13-32-70(65)78)46-45-55-47-80(72-34-15-10-25-64(72)62-23-7-5-21-59(55)62)48-56-49-81(51-78,77(79)80)75-68(63-24-8-6-22-60(56)63)30-18-35-73(75)82(57-41-37-53(38-42-57)52-19-3-2-4-20-52)58-43-39-54(40-44-58)61-29-17-31-69-67-28-12-16-36-74(67)83-76(61)69/h2-44,55-56,77H,45-51H2,1H3. The molecule has 0 saturated heterocycles. The first-order valence-electron chi connectivity index (χ1n) is 30.5. The number of anilines is 3. The summed E-state index contributed by atoms with van der Waals surface area (Å²) >= 11 is 0. The lowest BCUT2D eigenvalue weighted by Gasteiger charge is -2.69. The summed E-state index contributed by atoms with van der Waals surface area (Å²) in [5.74, 6) is 0.986. The maximum atomic E-state index is 6.69. The second-order valence-corrected chi connectivity index (χ2v) is 25.9. The van der Waals surface area contributed by atoms with Crippen LogP contribution < -0.4 is 4.90 Å². The topological polar surface area (TPSA) is 16.4 Å². The van der Waals surface area contributed by atoms with Crippen LogP contribution in [0, 0.1) is 5.92 Å². The molecule has 83 heavy (non-hydrogen) atoms. The van der Waals surface area contributed by atoms with Crippen molar-refractivity contribution in [1.29, 1.82) is 0 Å². The second kappa shape index (κ2) is 17.5. The van der Waals surface area contributed by atoms with Crippen molar-refractivity contribution in [3.63, 3.8) is 0 Å². The lowest BCUT2D eigenvalue weighted by molar-refractivity contribution is -0.0600. The van der Waals surface area contributed by atoms with Crippen LogP contribution in [0.1, 0.15) is 97.1 Å². The van der Waals surface area contributed by atoms with Gasteiger partial charge in [-0.05, 0) is 188 Å². The van der Waals surface area contributed by atoms with Crippen molar-refractivity contribution in [3.05, 3.63) is 294 Å². The molecule has 6 bridgehead atoms. The van der Waals surface area contributed by atoms with Crippen LogP contribution in [-0.4, -0.2) is 0 Å². The van der Waals surface area contributed by atoms with Crippen LogP contribution in [0.5, 0.6) is 0 Å². The van der Waals surface area contributed by atoms with Crippen LogP contribution in [0.25, 0.3) is 77.6 Å². The van der Waals surface area contributed by atoms with Gasteiger partial charge in [0.1, 0.15) is 11.2 Å². The Labute approximate surface area is 486 Å². The van der Waals surface area contributed by atoms with E-state index in [1.165, 1.54) is 66.9 Å². The summed E-state index contributed by atoms with van der Waals surface area (Å²) in [6.45, 7) is 2.72. The number of furan rings is 1. The zero-order valence-corrected chi connectivity index (χ0v) is 46.9. The van der Waals surface area contributed by atoms with Crippen molar-refractivity contribution >= 4 is 39.0 Å². The summed E-state index contributed by atoms with van der Waals surface area (Å²) in [4.78, 5) is 2.67. The fraction of sp³-hybridized carbons (Fsp3) is 0.185. The minimum absolute atomic E-state index is 0.163. The maximum absolute atomic E-state index is 6.69. The number of nitrogens with zero attached hydrogens (tertiary/aromatic N) is 1. The van der Waals surface area contributed by atoms with Crippen molar-refractivity contribution in [2.75, 3.05) is 4.90 Å². The molecular weight excluding hydrogens is 1000 g/mol. The van der Waals surface area contributed by atoms with E-state index in [1.54, 1.807) is 16.7 Å². The molecule has 18 rings (SSSR count). The zero-order chi connectivity index (χ0) is 54.7. The Morgan fingerprint density at radius 2 is 0.867 bits per heavy atom. The molecule has 2 nitrogen and oxygen atoms in total. The van der Waals surface area contributed by atoms with Gasteiger partial charge in [-0.1, -0.05) is 231 Å². The number of fused-ring (bicyclic) bond motifs is 18. The Kier molecular flexibility index (Phi) is 10.1. The second-order valence-electron chi connectivity index (χ2n) is 25.9. The van der Waals surface area contributed by atoms with E-state index in [-0.39, 0.29) is 27.6 Å². The molecule has 1 aromatic heterocycles. The van der Waals surface area contributed by atoms with Crippen LogP contribution in [0.3, 0.4) is 0 Å². The van der Waals surface area contributed by atoms with Gasteiger partial charge in [0, 0.05) is 44.0 Å². The van der Waals surface area contributed by atoms with Crippen LogP contribution in [0.4, 0.5) is 17.1 Å². The van der Waals surface area contributed by atoms with E-state index < -0.39 is 0 Å². The molecule has 3 fully saturated rings. The number of rotatable bonds is 5. The van der Waals surface area contributed by atoms with Crippen LogP contribution in [0.2, 0.25) is 0 Å². The average molecular weight is 1070 g/mol. The third-order valence-electron chi connectivity index (χ3n) is 21.9. The molecule has 1 heterocycles. The monoisotopic (exact) mass is 1070 g/mol. The van der Waals surface area contributed by atoms with Crippen LogP contribution in [0.15, 0.2) is 265 Å². The predicted octanol–water partition coefficient (Wildman–Crippen LogP) is 21.4. The van der Waals surface area contributed by atoms with Gasteiger partial charge in [0.15, 0.2) is 0 Å². The van der Waals surface area contributed by atoms with Gasteiger partial charge in [-0.3, -0.25) is 0 Å². The van der Waals surface area contributed by atoms with E-state index in [4.69, 9.17) is 4.42 Å². The third-order valence-corrected chi connectivity index (χ3v) is 21.9. The summed E-state index contributed by atoms with van der Waals surface area (Å²) in [7, 11) is 0. The Morgan fingerprint density at radius 1 is 0.373 bits per heavy atom. The molecule has 3 saturated carbocycles. The van der Waals surface area contributed by atoms with Gasteiger partial charge in [0.2, 0.25) is 0 Å². The summed E-state index contributed by atoms with van der Waals surface area (Å²) in [5.41, 5.74) is 27.2. The molecule has 7 atom stereocenters. The molecule has 3 spiro atoms. The quantitative estimate of drug-likeness (QED) is 0.171. The summed E-state index contributed by atoms with van der Waals surface area (Å²) in [6.07, 6.45) is 7.82. The predicted molar refractivity (Wildman–Crippen MR) is 342 cm³/mol. The van der Waals surface area contributed by atoms with Gasteiger partial charge in [-0.15, -0.1) is 0 Å². The van der Waals surface area contributed by atoms with Crippen molar-refractivity contribution in [2.24, 2.45) is 5.92 Å². The van der Waals surface area contributed by atoms with E-state index in [0.29, 0.717) is 11.8 Å². The normalized spacial score (nSPS) is 24.7. The molecule has 12 aromatic rings. The average Bonchev–Trinajstić information content (AvgIpc) is 1.65. The lowest BCUT2D eigenvalue weighted by Crippen LogP contribution is -2.66. The van der Waals surface area contributed by atoms with E-state index >= 15 is 0 Å². The van der Waals surface area contributed by atoms with Crippen molar-refractivity contribution in [3.8, 4) is 55.6 Å². The first-order valence-corrected chi connectivity index (χ1v) is 30.5. The van der Waals surface area contributed by atoms with E-state index in [9.17, 15) is 0 Å². The highest BCUT2D eigenvalue weighted by molar-refractivity contribution is 6.09. The van der Waals surface area contributed by atoms with Gasteiger partial charge in [0.25, 0.3) is 0 Å². The molecule has 0 radical (unpaired) electrons. The number of benzene rings is 11. The largest absolute Gasteiger partial charge is 0.455 e. The van der Waals surface area contributed by atoms with Gasteiger partial charge < -0.3 is 9.32 Å². The van der Waals surface area contributed by atoms with Gasteiger partial charge >= 0.3 is 0 Å². The number of hydrogen-bond donors (Lipinski definition) is 0.